The highest BCUT2D eigenvalue weighted by Gasteiger charge is 2.23. The third-order valence-electron chi connectivity index (χ3n) is 3.89. The predicted molar refractivity (Wildman–Crippen MR) is 101 cm³/mol. The molecule has 1 heterocycles. The third kappa shape index (κ3) is 6.22. The van der Waals surface area contributed by atoms with Crippen molar-refractivity contribution >= 4 is 24.8 Å². The number of nitrogens with one attached hydrogen (secondary N) is 1. The van der Waals surface area contributed by atoms with Crippen LogP contribution in [0.2, 0.25) is 0 Å². The van der Waals surface area contributed by atoms with Crippen LogP contribution in [-0.4, -0.2) is 45.3 Å². The number of hydrogen-bond acceptors (Lipinski definition) is 4. The second-order valence-corrected chi connectivity index (χ2v) is 5.61. The summed E-state index contributed by atoms with van der Waals surface area (Å²) >= 11 is 0. The lowest BCUT2D eigenvalue weighted by atomic mass is 9.97. The van der Waals surface area contributed by atoms with Gasteiger partial charge < -0.3 is 14.8 Å². The van der Waals surface area contributed by atoms with Crippen molar-refractivity contribution in [1.82, 2.24) is 10.2 Å². The van der Waals surface area contributed by atoms with Gasteiger partial charge in [0.2, 0.25) is 0 Å². The average molecular weight is 363 g/mol. The first-order valence-electron chi connectivity index (χ1n) is 7.46. The first-order chi connectivity index (χ1) is 10.1. The molecule has 0 amide bonds. The minimum absolute atomic E-state index is 0. The van der Waals surface area contributed by atoms with Crippen molar-refractivity contribution in [2.24, 2.45) is 0 Å². The van der Waals surface area contributed by atoms with Crippen LogP contribution in [0.15, 0.2) is 30.4 Å². The second kappa shape index (κ2) is 10.8. The Morgan fingerprint density at radius 1 is 1.13 bits per heavy atom. The monoisotopic (exact) mass is 362 g/mol. The smallest absolute Gasteiger partial charge is 0.122 e. The van der Waals surface area contributed by atoms with E-state index in [-0.39, 0.29) is 24.8 Å². The number of halogens is 2. The Morgan fingerprint density at radius 2 is 1.65 bits per heavy atom. The molecule has 1 N–H and O–H groups in total. The summed E-state index contributed by atoms with van der Waals surface area (Å²) in [5.74, 6) is 1.68. The molecule has 0 bridgehead atoms. The summed E-state index contributed by atoms with van der Waals surface area (Å²) in [7, 11) is 3.38. The number of piperazine rings is 1. The summed E-state index contributed by atoms with van der Waals surface area (Å²) in [5.41, 5.74) is 2.43. The van der Waals surface area contributed by atoms with Crippen LogP contribution >= 0.6 is 24.8 Å². The fourth-order valence-corrected chi connectivity index (χ4v) is 2.80. The minimum Gasteiger partial charge on any atom is -0.497 e. The Labute approximate surface area is 152 Å². The zero-order valence-corrected chi connectivity index (χ0v) is 15.8. The molecule has 1 atom stereocenters. The summed E-state index contributed by atoms with van der Waals surface area (Å²) < 4.78 is 10.8. The molecule has 1 aliphatic rings. The lowest BCUT2D eigenvalue weighted by Crippen LogP contribution is -2.45. The van der Waals surface area contributed by atoms with E-state index in [9.17, 15) is 0 Å². The van der Waals surface area contributed by atoms with E-state index < -0.39 is 0 Å². The Balaban J connectivity index is 0.00000242. The van der Waals surface area contributed by atoms with Gasteiger partial charge in [0.05, 0.1) is 14.2 Å². The molecule has 6 heteroatoms. The highest BCUT2D eigenvalue weighted by atomic mass is 35.5. The molecule has 1 aromatic carbocycles. The van der Waals surface area contributed by atoms with Crippen molar-refractivity contribution < 1.29 is 9.47 Å². The zero-order valence-electron chi connectivity index (χ0n) is 14.1. The molecule has 1 aliphatic heterocycles. The maximum atomic E-state index is 5.41. The fraction of sp³-hybridized carbons (Fsp3) is 0.529. The van der Waals surface area contributed by atoms with E-state index in [0.29, 0.717) is 6.04 Å². The van der Waals surface area contributed by atoms with Gasteiger partial charge in [-0.25, -0.2) is 0 Å². The SMILES string of the molecule is C=C(C)C[C@@H](c1cc(OC)cc(OC)c1)N1CCNCC1.Cl.Cl. The fourth-order valence-electron chi connectivity index (χ4n) is 2.80. The molecule has 1 saturated heterocycles. The zero-order chi connectivity index (χ0) is 15.2. The van der Waals surface area contributed by atoms with Gasteiger partial charge in [-0.15, -0.1) is 31.4 Å². The molecule has 0 unspecified atom stereocenters. The standard InChI is InChI=1S/C17H26N2O2.2ClH/c1-13(2)9-17(19-7-5-18-6-8-19)14-10-15(20-3)12-16(11-14)21-4;;/h10-12,17-18H,1,5-9H2,2-4H3;2*1H/t17-;;/m0../s1. The largest absolute Gasteiger partial charge is 0.497 e. The first-order valence-corrected chi connectivity index (χ1v) is 7.46. The predicted octanol–water partition coefficient (Wildman–Crippen LogP) is 3.46. The van der Waals surface area contributed by atoms with E-state index in [0.717, 1.165) is 44.1 Å². The number of methoxy groups -OCH3 is 2. The molecule has 23 heavy (non-hydrogen) atoms. The van der Waals surface area contributed by atoms with Crippen molar-refractivity contribution in [1.29, 1.82) is 0 Å². The highest BCUT2D eigenvalue weighted by Crippen LogP contribution is 2.33. The molecule has 1 aromatic rings. The Kier molecular flexibility index (Phi) is 10.3. The van der Waals surface area contributed by atoms with Crippen LogP contribution in [0.4, 0.5) is 0 Å². The molecule has 132 valence electrons. The van der Waals surface area contributed by atoms with E-state index in [1.807, 2.05) is 6.07 Å². The summed E-state index contributed by atoms with van der Waals surface area (Å²) in [5, 5.41) is 3.41. The summed E-state index contributed by atoms with van der Waals surface area (Å²) in [6, 6.07) is 6.46. The van der Waals surface area contributed by atoms with Crippen molar-refractivity contribution in [3.8, 4) is 11.5 Å². The van der Waals surface area contributed by atoms with Crippen LogP contribution < -0.4 is 14.8 Å². The highest BCUT2D eigenvalue weighted by molar-refractivity contribution is 5.85. The van der Waals surface area contributed by atoms with Gasteiger partial charge in [0.15, 0.2) is 0 Å². The van der Waals surface area contributed by atoms with Gasteiger partial charge in [0, 0.05) is 38.3 Å². The second-order valence-electron chi connectivity index (χ2n) is 5.61. The van der Waals surface area contributed by atoms with E-state index in [4.69, 9.17) is 9.47 Å². The number of rotatable bonds is 6. The van der Waals surface area contributed by atoms with Crippen LogP contribution in [0.5, 0.6) is 11.5 Å². The van der Waals surface area contributed by atoms with Gasteiger partial charge in [-0.05, 0) is 31.0 Å². The topological polar surface area (TPSA) is 33.7 Å². The van der Waals surface area contributed by atoms with Crippen LogP contribution in [-0.2, 0) is 0 Å². The average Bonchev–Trinajstić information content (AvgIpc) is 2.52. The number of ether oxygens (including phenoxy) is 2. The Morgan fingerprint density at radius 3 is 2.09 bits per heavy atom. The van der Waals surface area contributed by atoms with Gasteiger partial charge in [0.25, 0.3) is 0 Å². The molecule has 1 fully saturated rings. The summed E-state index contributed by atoms with van der Waals surface area (Å²) in [4.78, 5) is 2.51. The van der Waals surface area contributed by atoms with Gasteiger partial charge in [-0.2, -0.15) is 0 Å². The van der Waals surface area contributed by atoms with Crippen LogP contribution in [0.3, 0.4) is 0 Å². The molecule has 0 aliphatic carbocycles. The lowest BCUT2D eigenvalue weighted by Gasteiger charge is -2.35. The summed E-state index contributed by atoms with van der Waals surface area (Å²) in [6.07, 6.45) is 0.955. The molecular weight excluding hydrogens is 335 g/mol. The third-order valence-corrected chi connectivity index (χ3v) is 3.89. The van der Waals surface area contributed by atoms with E-state index >= 15 is 0 Å². The van der Waals surface area contributed by atoms with E-state index in [2.05, 4.69) is 35.9 Å². The van der Waals surface area contributed by atoms with Crippen LogP contribution in [0.25, 0.3) is 0 Å². The van der Waals surface area contributed by atoms with Gasteiger partial charge >= 0.3 is 0 Å². The number of benzene rings is 1. The van der Waals surface area contributed by atoms with Crippen LogP contribution in [0, 0.1) is 0 Å². The molecule has 0 saturated carbocycles. The molecule has 0 spiro atoms. The van der Waals surface area contributed by atoms with Gasteiger partial charge in [0.1, 0.15) is 11.5 Å². The van der Waals surface area contributed by atoms with Crippen molar-refractivity contribution in [2.45, 2.75) is 19.4 Å². The molecule has 0 radical (unpaired) electrons. The Bertz CT molecular complexity index is 469. The van der Waals surface area contributed by atoms with Crippen molar-refractivity contribution in [3.05, 3.63) is 35.9 Å². The van der Waals surface area contributed by atoms with Crippen molar-refractivity contribution in [2.75, 3.05) is 40.4 Å². The number of hydrogen-bond donors (Lipinski definition) is 1. The lowest BCUT2D eigenvalue weighted by molar-refractivity contribution is 0.172. The quantitative estimate of drug-likeness (QED) is 0.785. The van der Waals surface area contributed by atoms with Crippen LogP contribution in [0.1, 0.15) is 24.9 Å². The first kappa shape index (κ1) is 22.1. The minimum atomic E-state index is 0. The molecular formula is C17H28Cl2N2O2. The molecule has 4 nitrogen and oxygen atoms in total. The maximum Gasteiger partial charge on any atom is 0.122 e. The molecule has 2 rings (SSSR count). The normalized spacial score (nSPS) is 15.8. The number of nitrogens with zero attached hydrogens (tertiary/aromatic N) is 1. The summed E-state index contributed by atoms with van der Waals surface area (Å²) in [6.45, 7) is 10.4. The molecule has 0 aromatic heterocycles. The van der Waals surface area contributed by atoms with Gasteiger partial charge in [-0.1, -0.05) is 5.57 Å². The maximum absolute atomic E-state index is 5.41. The van der Waals surface area contributed by atoms with Gasteiger partial charge in [-0.3, -0.25) is 4.90 Å². The van der Waals surface area contributed by atoms with E-state index in [1.54, 1.807) is 14.2 Å². The Hall–Kier alpha value is -0.940. The van der Waals surface area contributed by atoms with Crippen molar-refractivity contribution in [3.63, 3.8) is 0 Å². The van der Waals surface area contributed by atoms with E-state index in [1.165, 1.54) is 11.1 Å².